The normalized spacial score (nSPS) is 24.2. The number of piperidine rings is 1. The Hall–Kier alpha value is -2.82. The Morgan fingerprint density at radius 3 is 2.43 bits per heavy atom. The Bertz CT molecular complexity index is 1380. The van der Waals surface area contributed by atoms with Crippen LogP contribution in [0.25, 0.3) is 5.57 Å². The summed E-state index contributed by atoms with van der Waals surface area (Å²) in [5.41, 5.74) is 1.69. The summed E-state index contributed by atoms with van der Waals surface area (Å²) in [6, 6.07) is 9.46. The van der Waals surface area contributed by atoms with E-state index in [1.165, 1.54) is 0 Å². The molecule has 7 nitrogen and oxygen atoms in total. The SMILES string of the molecule is CCOC(=O)c1cnn(C2CCCN(C3=C(c4ccccc4)C=CC(Cl)(N4CCN(CC(C)(C)C)CC4)C3)C2)c1C(F)(F)F. The quantitative estimate of drug-likeness (QED) is 0.193. The highest BCUT2D eigenvalue weighted by molar-refractivity contribution is 6.25. The molecule has 1 aliphatic carbocycles. The maximum Gasteiger partial charge on any atom is 0.433 e. The maximum atomic E-state index is 14.3. The van der Waals surface area contributed by atoms with E-state index in [9.17, 15) is 18.0 Å². The van der Waals surface area contributed by atoms with Crippen molar-refractivity contribution in [2.45, 2.75) is 64.2 Å². The van der Waals surface area contributed by atoms with Gasteiger partial charge in [0, 0.05) is 63.5 Å². The van der Waals surface area contributed by atoms with Crippen LogP contribution >= 0.6 is 11.6 Å². The molecule has 0 saturated carbocycles. The Kier molecular flexibility index (Phi) is 9.54. The predicted molar refractivity (Wildman–Crippen MR) is 166 cm³/mol. The van der Waals surface area contributed by atoms with E-state index in [4.69, 9.17) is 16.3 Å². The molecule has 2 atom stereocenters. The predicted octanol–water partition coefficient (Wildman–Crippen LogP) is 6.69. The first-order valence-electron chi connectivity index (χ1n) is 15.5. The second kappa shape index (κ2) is 12.9. The fraction of sp³-hybridized carbons (Fsp3) is 0.576. The molecule has 44 heavy (non-hydrogen) atoms. The standard InChI is InChI=1S/C33H43ClF3N5O2/c1-5-44-30(43)27-21-38-42(29(27)33(35,36)37)25-12-9-15-40(22-25)28-20-32(34,14-13-26(28)24-10-7-6-8-11-24)41-18-16-39(17-19-41)23-31(2,3)4/h6-8,10-11,13-14,21,25H,5,9,12,15-20,22-23H2,1-4H3. The summed E-state index contributed by atoms with van der Waals surface area (Å²) >= 11 is 7.45. The van der Waals surface area contributed by atoms with Crippen molar-refractivity contribution in [3.8, 4) is 0 Å². The van der Waals surface area contributed by atoms with E-state index in [1.54, 1.807) is 6.92 Å². The van der Waals surface area contributed by atoms with E-state index in [2.05, 4.69) is 64.9 Å². The molecule has 0 bridgehead atoms. The molecular weight excluding hydrogens is 591 g/mol. The number of ether oxygens (including phenoxy) is 1. The van der Waals surface area contributed by atoms with Gasteiger partial charge in [0.25, 0.3) is 0 Å². The molecule has 2 aliphatic heterocycles. The van der Waals surface area contributed by atoms with Crippen LogP contribution in [-0.4, -0.2) is 87.9 Å². The number of hydrogen-bond acceptors (Lipinski definition) is 6. The zero-order valence-corrected chi connectivity index (χ0v) is 26.8. The van der Waals surface area contributed by atoms with Gasteiger partial charge in [-0.25, -0.2) is 4.79 Å². The Morgan fingerprint density at radius 2 is 1.80 bits per heavy atom. The van der Waals surface area contributed by atoms with Crippen molar-refractivity contribution in [3.63, 3.8) is 0 Å². The van der Waals surface area contributed by atoms with Crippen LogP contribution in [0.4, 0.5) is 13.2 Å². The molecule has 0 radical (unpaired) electrons. The smallest absolute Gasteiger partial charge is 0.433 e. The number of likely N-dealkylation sites (tertiary alicyclic amines) is 1. The van der Waals surface area contributed by atoms with Crippen LogP contribution in [0.1, 0.15) is 74.6 Å². The highest BCUT2D eigenvalue weighted by Gasteiger charge is 2.44. The molecule has 2 aromatic rings. The van der Waals surface area contributed by atoms with Gasteiger partial charge < -0.3 is 14.5 Å². The first kappa shape index (κ1) is 32.6. The van der Waals surface area contributed by atoms with Crippen LogP contribution in [-0.2, 0) is 10.9 Å². The molecule has 1 aromatic carbocycles. The fourth-order valence-electron chi connectivity index (χ4n) is 6.70. The van der Waals surface area contributed by atoms with Gasteiger partial charge >= 0.3 is 12.1 Å². The van der Waals surface area contributed by atoms with Crippen LogP contribution in [0, 0.1) is 5.41 Å². The lowest BCUT2D eigenvalue weighted by atomic mass is 9.90. The Balaban J connectivity index is 1.43. The zero-order chi connectivity index (χ0) is 31.7. The van der Waals surface area contributed by atoms with Crippen LogP contribution in [0.3, 0.4) is 0 Å². The van der Waals surface area contributed by atoms with Gasteiger partial charge in [-0.1, -0.05) is 68.8 Å². The van der Waals surface area contributed by atoms with Gasteiger partial charge in [-0.3, -0.25) is 9.58 Å². The monoisotopic (exact) mass is 633 g/mol. The summed E-state index contributed by atoms with van der Waals surface area (Å²) in [5, 5.41) is 4.10. The number of allylic oxidation sites excluding steroid dienone is 2. The number of rotatable bonds is 7. The van der Waals surface area contributed by atoms with Crippen molar-refractivity contribution in [3.05, 3.63) is 71.2 Å². The minimum atomic E-state index is -4.76. The summed E-state index contributed by atoms with van der Waals surface area (Å²) in [5.74, 6) is -1.01. The lowest BCUT2D eigenvalue weighted by Gasteiger charge is -2.47. The lowest BCUT2D eigenvalue weighted by Crippen LogP contribution is -2.56. The van der Waals surface area contributed by atoms with Gasteiger partial charge in [0.1, 0.15) is 10.6 Å². The van der Waals surface area contributed by atoms with Gasteiger partial charge in [0.15, 0.2) is 5.69 Å². The van der Waals surface area contributed by atoms with E-state index in [0.29, 0.717) is 32.4 Å². The average molecular weight is 634 g/mol. The second-order valence-electron chi connectivity index (χ2n) is 13.2. The number of halogens is 4. The molecule has 2 saturated heterocycles. The maximum absolute atomic E-state index is 14.3. The summed E-state index contributed by atoms with van der Waals surface area (Å²) in [6.07, 6.45) is 2.11. The molecule has 2 unspecified atom stereocenters. The number of piperazine rings is 1. The average Bonchev–Trinajstić information content (AvgIpc) is 3.44. The van der Waals surface area contributed by atoms with E-state index in [-0.39, 0.29) is 12.0 Å². The largest absolute Gasteiger partial charge is 0.462 e. The number of nitrogens with zero attached hydrogens (tertiary/aromatic N) is 5. The third kappa shape index (κ3) is 7.18. The molecule has 2 fully saturated rings. The topological polar surface area (TPSA) is 53.8 Å². The number of hydrogen-bond donors (Lipinski definition) is 0. The Morgan fingerprint density at radius 1 is 1.09 bits per heavy atom. The lowest BCUT2D eigenvalue weighted by molar-refractivity contribution is -0.145. The minimum absolute atomic E-state index is 0.0196. The molecule has 3 heterocycles. The van der Waals surface area contributed by atoms with Crippen molar-refractivity contribution < 1.29 is 22.7 Å². The van der Waals surface area contributed by atoms with E-state index < -0.39 is 34.4 Å². The zero-order valence-electron chi connectivity index (χ0n) is 26.0. The van der Waals surface area contributed by atoms with Crippen LogP contribution in [0.5, 0.6) is 0 Å². The van der Waals surface area contributed by atoms with Gasteiger partial charge in [-0.15, -0.1) is 0 Å². The molecule has 5 rings (SSSR count). The number of benzene rings is 1. The number of alkyl halides is 4. The number of carbonyl (C=O) groups excluding carboxylic acids is 1. The first-order chi connectivity index (χ1) is 20.8. The minimum Gasteiger partial charge on any atom is -0.462 e. The van der Waals surface area contributed by atoms with Crippen molar-refractivity contribution in [1.82, 2.24) is 24.5 Å². The highest BCUT2D eigenvalue weighted by Crippen LogP contribution is 2.43. The third-order valence-electron chi connectivity index (χ3n) is 8.60. The molecule has 3 aliphatic rings. The van der Waals surface area contributed by atoms with Crippen LogP contribution in [0.15, 0.2) is 54.4 Å². The van der Waals surface area contributed by atoms with Gasteiger partial charge in [-0.05, 0) is 36.8 Å². The molecule has 11 heteroatoms. The van der Waals surface area contributed by atoms with Gasteiger partial charge in [-0.2, -0.15) is 18.3 Å². The Labute approximate surface area is 263 Å². The molecule has 0 N–H and O–H groups in total. The van der Waals surface area contributed by atoms with Crippen LogP contribution < -0.4 is 0 Å². The van der Waals surface area contributed by atoms with Gasteiger partial charge in [0.2, 0.25) is 0 Å². The second-order valence-corrected chi connectivity index (χ2v) is 13.8. The van der Waals surface area contributed by atoms with Gasteiger partial charge in [0.05, 0.1) is 18.8 Å². The van der Waals surface area contributed by atoms with Crippen molar-refractivity contribution >= 4 is 23.1 Å². The molecular formula is C33H43ClF3N5O2. The summed E-state index contributed by atoms with van der Waals surface area (Å²) < 4.78 is 48.9. The van der Waals surface area contributed by atoms with E-state index >= 15 is 0 Å². The van der Waals surface area contributed by atoms with E-state index in [1.807, 2.05) is 18.2 Å². The van der Waals surface area contributed by atoms with Crippen molar-refractivity contribution in [2.24, 2.45) is 5.41 Å². The van der Waals surface area contributed by atoms with Crippen LogP contribution in [0.2, 0.25) is 0 Å². The fourth-order valence-corrected chi connectivity index (χ4v) is 7.06. The molecule has 0 amide bonds. The number of carbonyl (C=O) groups is 1. The summed E-state index contributed by atoms with van der Waals surface area (Å²) in [4.78, 5) is 18.7. The first-order valence-corrected chi connectivity index (χ1v) is 15.9. The highest BCUT2D eigenvalue weighted by atomic mass is 35.5. The third-order valence-corrected chi connectivity index (χ3v) is 9.09. The number of aromatic nitrogens is 2. The molecule has 1 aromatic heterocycles. The summed E-state index contributed by atoms with van der Waals surface area (Å²) in [7, 11) is 0. The molecule has 0 spiro atoms. The molecule has 240 valence electrons. The number of esters is 1. The van der Waals surface area contributed by atoms with Crippen molar-refractivity contribution in [2.75, 3.05) is 52.4 Å². The van der Waals surface area contributed by atoms with Crippen molar-refractivity contribution in [1.29, 1.82) is 0 Å². The van der Waals surface area contributed by atoms with E-state index in [0.717, 1.165) is 60.4 Å². The summed E-state index contributed by atoms with van der Waals surface area (Å²) in [6.45, 7) is 13.8.